The summed E-state index contributed by atoms with van der Waals surface area (Å²) in [7, 11) is 0. The molecule has 0 spiro atoms. The number of carbonyl (C=O) groups excluding carboxylic acids is 3. The molecule has 25 heavy (non-hydrogen) atoms. The summed E-state index contributed by atoms with van der Waals surface area (Å²) in [4.78, 5) is 37.3. The van der Waals surface area contributed by atoms with Crippen molar-refractivity contribution in [3.63, 3.8) is 0 Å². The van der Waals surface area contributed by atoms with Gasteiger partial charge in [0.15, 0.2) is 0 Å². The molecule has 1 aromatic rings. The highest BCUT2D eigenvalue weighted by Crippen LogP contribution is 2.22. The van der Waals surface area contributed by atoms with E-state index in [0.717, 1.165) is 25.9 Å². The molecule has 7 heteroatoms. The van der Waals surface area contributed by atoms with Crippen molar-refractivity contribution in [3.8, 4) is 0 Å². The lowest BCUT2D eigenvalue weighted by atomic mass is 10.1. The maximum atomic E-state index is 12.5. The van der Waals surface area contributed by atoms with Gasteiger partial charge in [-0.3, -0.25) is 19.8 Å². The normalized spacial score (nSPS) is 21.0. The molecule has 2 heterocycles. The average molecular weight is 345 g/mol. The Hall–Kier alpha value is -2.41. The molecule has 2 N–H and O–H groups in total. The Balaban J connectivity index is 1.62. The molecular weight excluding hydrogens is 322 g/mol. The van der Waals surface area contributed by atoms with Gasteiger partial charge in [0, 0.05) is 26.1 Å². The molecule has 7 nitrogen and oxygen atoms in total. The minimum atomic E-state index is -0.493. The summed E-state index contributed by atoms with van der Waals surface area (Å²) in [5, 5.41) is 5.19. The standard InChI is InChI=1S/C18H23N3O4/c22-16-9-11-21(18(24)20-16)15-7-2-1-6-14(15)17(23)19-10-8-13-5-3-4-12-25-13/h1-2,6-7,13H,3-5,8-12H2,(H,19,23)(H,20,22,24)/t13-/m1/s1. The van der Waals surface area contributed by atoms with Crippen LogP contribution in [0.4, 0.5) is 10.5 Å². The Labute approximate surface area is 146 Å². The molecule has 2 fully saturated rings. The fourth-order valence-corrected chi connectivity index (χ4v) is 3.17. The van der Waals surface area contributed by atoms with E-state index in [1.165, 1.54) is 11.3 Å². The molecule has 0 aromatic heterocycles. The molecule has 3 rings (SSSR count). The summed E-state index contributed by atoms with van der Waals surface area (Å²) in [5.74, 6) is -0.522. The van der Waals surface area contributed by atoms with Gasteiger partial charge in [0.1, 0.15) is 0 Å². The highest BCUT2D eigenvalue weighted by molar-refractivity contribution is 6.09. The molecular formula is C18H23N3O4. The predicted octanol–water partition coefficient (Wildman–Crippen LogP) is 1.82. The van der Waals surface area contributed by atoms with E-state index in [1.54, 1.807) is 24.3 Å². The fraction of sp³-hybridized carbons (Fsp3) is 0.500. The Morgan fingerprint density at radius 1 is 1.28 bits per heavy atom. The minimum absolute atomic E-state index is 0.211. The van der Waals surface area contributed by atoms with Crippen LogP contribution in [0.1, 0.15) is 42.5 Å². The molecule has 4 amide bonds. The van der Waals surface area contributed by atoms with Crippen molar-refractivity contribution in [2.24, 2.45) is 0 Å². The van der Waals surface area contributed by atoms with Gasteiger partial charge in [-0.15, -0.1) is 0 Å². The number of benzene rings is 1. The number of urea groups is 1. The van der Waals surface area contributed by atoms with Crippen molar-refractivity contribution in [2.45, 2.75) is 38.2 Å². The van der Waals surface area contributed by atoms with E-state index in [1.807, 2.05) is 0 Å². The zero-order valence-corrected chi connectivity index (χ0v) is 14.1. The van der Waals surface area contributed by atoms with Crippen molar-refractivity contribution in [1.29, 1.82) is 0 Å². The number of hydrogen-bond acceptors (Lipinski definition) is 4. The molecule has 1 atom stereocenters. The van der Waals surface area contributed by atoms with Gasteiger partial charge in [-0.05, 0) is 37.8 Å². The Kier molecular flexibility index (Phi) is 5.65. The van der Waals surface area contributed by atoms with Gasteiger partial charge >= 0.3 is 6.03 Å². The van der Waals surface area contributed by atoms with E-state index in [-0.39, 0.29) is 30.9 Å². The summed E-state index contributed by atoms with van der Waals surface area (Å²) < 4.78 is 5.66. The first-order valence-electron chi connectivity index (χ1n) is 8.75. The van der Waals surface area contributed by atoms with Gasteiger partial charge in [0.05, 0.1) is 17.4 Å². The molecule has 0 unspecified atom stereocenters. The van der Waals surface area contributed by atoms with Gasteiger partial charge < -0.3 is 10.1 Å². The third-order valence-electron chi connectivity index (χ3n) is 4.52. The average Bonchev–Trinajstić information content (AvgIpc) is 2.63. The summed E-state index contributed by atoms with van der Waals surface area (Å²) >= 11 is 0. The lowest BCUT2D eigenvalue weighted by molar-refractivity contribution is -0.120. The highest BCUT2D eigenvalue weighted by atomic mass is 16.5. The summed E-state index contributed by atoms with van der Waals surface area (Å²) in [6, 6.07) is 6.44. The maximum absolute atomic E-state index is 12.5. The first-order valence-corrected chi connectivity index (χ1v) is 8.75. The number of anilines is 1. The summed E-state index contributed by atoms with van der Waals surface area (Å²) in [6.45, 7) is 1.59. The van der Waals surface area contributed by atoms with Crippen molar-refractivity contribution < 1.29 is 19.1 Å². The molecule has 0 saturated carbocycles. The lowest BCUT2D eigenvalue weighted by Gasteiger charge is -2.28. The van der Waals surface area contributed by atoms with Crippen LogP contribution in [-0.4, -0.2) is 43.6 Å². The maximum Gasteiger partial charge on any atom is 0.328 e. The van der Waals surface area contributed by atoms with E-state index in [2.05, 4.69) is 10.6 Å². The molecule has 0 bridgehead atoms. The van der Waals surface area contributed by atoms with Crippen molar-refractivity contribution in [2.75, 3.05) is 24.6 Å². The number of imide groups is 1. The van der Waals surface area contributed by atoms with Crippen LogP contribution in [0.25, 0.3) is 0 Å². The zero-order valence-electron chi connectivity index (χ0n) is 14.1. The van der Waals surface area contributed by atoms with Crippen LogP contribution in [0.2, 0.25) is 0 Å². The minimum Gasteiger partial charge on any atom is -0.378 e. The number of nitrogens with zero attached hydrogens (tertiary/aromatic N) is 1. The van der Waals surface area contributed by atoms with E-state index in [4.69, 9.17) is 4.74 Å². The lowest BCUT2D eigenvalue weighted by Crippen LogP contribution is -2.50. The second-order valence-corrected chi connectivity index (χ2v) is 6.31. The first kappa shape index (κ1) is 17.4. The smallest absolute Gasteiger partial charge is 0.328 e. The number of ether oxygens (including phenoxy) is 1. The van der Waals surface area contributed by atoms with Crippen molar-refractivity contribution >= 4 is 23.5 Å². The third-order valence-corrected chi connectivity index (χ3v) is 4.52. The van der Waals surface area contributed by atoms with E-state index in [9.17, 15) is 14.4 Å². The highest BCUT2D eigenvalue weighted by Gasteiger charge is 2.27. The van der Waals surface area contributed by atoms with Gasteiger partial charge in [0.2, 0.25) is 5.91 Å². The number of hydrogen-bond donors (Lipinski definition) is 2. The quantitative estimate of drug-likeness (QED) is 0.852. The second kappa shape index (κ2) is 8.11. The third kappa shape index (κ3) is 4.36. The Bertz CT molecular complexity index is 655. The van der Waals surface area contributed by atoms with Gasteiger partial charge in [-0.1, -0.05) is 12.1 Å². The van der Waals surface area contributed by atoms with Crippen molar-refractivity contribution in [1.82, 2.24) is 10.6 Å². The van der Waals surface area contributed by atoms with E-state index < -0.39 is 6.03 Å². The Morgan fingerprint density at radius 3 is 2.88 bits per heavy atom. The van der Waals surface area contributed by atoms with Gasteiger partial charge in [-0.2, -0.15) is 0 Å². The number of amides is 4. The second-order valence-electron chi connectivity index (χ2n) is 6.31. The fourth-order valence-electron chi connectivity index (χ4n) is 3.17. The van der Waals surface area contributed by atoms with Crippen molar-refractivity contribution in [3.05, 3.63) is 29.8 Å². The Morgan fingerprint density at radius 2 is 2.12 bits per heavy atom. The molecule has 1 aromatic carbocycles. The number of para-hydroxylation sites is 1. The van der Waals surface area contributed by atoms with Crippen LogP contribution < -0.4 is 15.5 Å². The van der Waals surface area contributed by atoms with Crippen LogP contribution in [-0.2, 0) is 9.53 Å². The summed E-state index contributed by atoms with van der Waals surface area (Å²) in [5.41, 5.74) is 0.940. The zero-order chi connectivity index (χ0) is 17.6. The molecule has 2 saturated heterocycles. The van der Waals surface area contributed by atoms with Gasteiger partial charge in [-0.25, -0.2) is 4.79 Å². The van der Waals surface area contributed by atoms with Crippen LogP contribution in [0.5, 0.6) is 0 Å². The van der Waals surface area contributed by atoms with Crippen LogP contribution in [0.15, 0.2) is 24.3 Å². The summed E-state index contributed by atoms with van der Waals surface area (Å²) in [6.07, 6.45) is 4.53. The molecule has 0 radical (unpaired) electrons. The number of carbonyl (C=O) groups is 3. The molecule has 134 valence electrons. The topological polar surface area (TPSA) is 87.7 Å². The number of nitrogens with one attached hydrogen (secondary N) is 2. The first-order chi connectivity index (χ1) is 12.1. The monoisotopic (exact) mass is 345 g/mol. The molecule has 2 aliphatic rings. The molecule has 2 aliphatic heterocycles. The largest absolute Gasteiger partial charge is 0.378 e. The van der Waals surface area contributed by atoms with Crippen LogP contribution >= 0.6 is 0 Å². The van der Waals surface area contributed by atoms with Gasteiger partial charge in [0.25, 0.3) is 5.91 Å². The molecule has 0 aliphatic carbocycles. The van der Waals surface area contributed by atoms with Crippen LogP contribution in [0.3, 0.4) is 0 Å². The van der Waals surface area contributed by atoms with E-state index in [0.29, 0.717) is 17.8 Å². The predicted molar refractivity (Wildman–Crippen MR) is 92.5 cm³/mol. The van der Waals surface area contributed by atoms with Crippen LogP contribution in [0, 0.1) is 0 Å². The van der Waals surface area contributed by atoms with E-state index >= 15 is 0 Å². The SMILES string of the molecule is O=C1CCN(c2ccccc2C(=O)NCC[C@H]2CCCCO2)C(=O)N1. The number of rotatable bonds is 5.